The van der Waals surface area contributed by atoms with Crippen molar-refractivity contribution >= 4 is 21.2 Å². The summed E-state index contributed by atoms with van der Waals surface area (Å²) in [6.07, 6.45) is 1.23. The van der Waals surface area contributed by atoms with Gasteiger partial charge in [-0.2, -0.15) is 13.6 Å². The highest BCUT2D eigenvalue weighted by Gasteiger charge is 2.13. The molecule has 5 nitrogen and oxygen atoms in total. The molecule has 3 N–H and O–H groups in total. The van der Waals surface area contributed by atoms with Crippen molar-refractivity contribution in [3.63, 3.8) is 0 Å². The molecule has 0 aliphatic carbocycles. The third-order valence-electron chi connectivity index (χ3n) is 1.82. The number of halogens is 1. The van der Waals surface area contributed by atoms with Gasteiger partial charge in [0.1, 0.15) is 5.82 Å². The first kappa shape index (κ1) is 9.94. The monoisotopic (exact) mass is 230 g/mol. The zero-order valence-corrected chi connectivity index (χ0v) is 8.21. The summed E-state index contributed by atoms with van der Waals surface area (Å²) in [5.74, 6) is -0.724. The topological polar surface area (TPSA) is 85.2 Å². The van der Waals surface area contributed by atoms with Crippen molar-refractivity contribution in [3.8, 4) is 5.75 Å². The number of hydrogen-bond donors (Lipinski definition) is 2. The summed E-state index contributed by atoms with van der Waals surface area (Å²) in [6.45, 7) is 0. The van der Waals surface area contributed by atoms with Crippen LogP contribution in [0.4, 0.5) is 4.39 Å². The van der Waals surface area contributed by atoms with Gasteiger partial charge in [-0.25, -0.2) is 4.39 Å². The number of rotatable bonds is 2. The van der Waals surface area contributed by atoms with Gasteiger partial charge >= 0.3 is 10.3 Å². The third-order valence-corrected chi connectivity index (χ3v) is 2.24. The van der Waals surface area contributed by atoms with Crippen molar-refractivity contribution in [1.82, 2.24) is 4.98 Å². The van der Waals surface area contributed by atoms with Crippen LogP contribution in [0, 0.1) is 5.82 Å². The minimum atomic E-state index is -4.14. The summed E-state index contributed by atoms with van der Waals surface area (Å²) >= 11 is 0. The molecule has 15 heavy (non-hydrogen) atoms. The van der Waals surface area contributed by atoms with E-state index in [1.165, 1.54) is 18.3 Å². The van der Waals surface area contributed by atoms with E-state index in [0.717, 1.165) is 0 Å². The quantitative estimate of drug-likeness (QED) is 0.803. The van der Waals surface area contributed by atoms with E-state index in [1.54, 1.807) is 6.07 Å². The number of aromatic amines is 1. The Labute approximate surface area is 84.9 Å². The van der Waals surface area contributed by atoms with Crippen molar-refractivity contribution in [2.75, 3.05) is 0 Å². The molecular weight excluding hydrogens is 223 g/mol. The lowest BCUT2D eigenvalue weighted by Gasteiger charge is -2.00. The van der Waals surface area contributed by atoms with E-state index < -0.39 is 16.1 Å². The zero-order chi connectivity index (χ0) is 11.1. The molecular formula is C8H7FN2O3S. The predicted molar refractivity (Wildman–Crippen MR) is 52.0 cm³/mol. The minimum Gasteiger partial charge on any atom is -0.369 e. The summed E-state index contributed by atoms with van der Waals surface area (Å²) in [5.41, 5.74) is 0.439. The van der Waals surface area contributed by atoms with Crippen LogP contribution in [0.5, 0.6) is 5.75 Å². The molecule has 0 amide bonds. The molecule has 0 saturated heterocycles. The van der Waals surface area contributed by atoms with E-state index in [4.69, 9.17) is 0 Å². The Bertz CT molecular complexity index is 605. The van der Waals surface area contributed by atoms with Gasteiger partial charge < -0.3 is 9.17 Å². The van der Waals surface area contributed by atoms with Crippen LogP contribution >= 0.6 is 0 Å². The molecule has 0 spiro atoms. The van der Waals surface area contributed by atoms with Crippen molar-refractivity contribution in [1.29, 1.82) is 0 Å². The first-order valence-electron chi connectivity index (χ1n) is 3.95. The molecule has 0 aliphatic rings. The molecule has 0 radical (unpaired) electrons. The Balaban J connectivity index is 2.63. The Hall–Kier alpha value is -1.60. The Kier molecular flexibility index (Phi) is 2.13. The van der Waals surface area contributed by atoms with Crippen LogP contribution < -0.4 is 9.32 Å². The van der Waals surface area contributed by atoms with Gasteiger partial charge in [-0.3, -0.25) is 0 Å². The molecule has 1 aromatic carbocycles. The summed E-state index contributed by atoms with van der Waals surface area (Å²) in [7, 11) is -4.14. The maximum Gasteiger partial charge on any atom is 0.380 e. The van der Waals surface area contributed by atoms with Crippen LogP contribution in [0.25, 0.3) is 10.9 Å². The lowest BCUT2D eigenvalue weighted by molar-refractivity contribution is 0.489. The molecule has 2 aromatic rings. The second kappa shape index (κ2) is 3.21. The number of nitrogens with two attached hydrogens (primary N) is 1. The highest BCUT2D eigenvalue weighted by Crippen LogP contribution is 2.28. The van der Waals surface area contributed by atoms with Gasteiger partial charge in [-0.15, -0.1) is 0 Å². The number of H-pyrrole nitrogens is 1. The Morgan fingerprint density at radius 2 is 2.13 bits per heavy atom. The fourth-order valence-electron chi connectivity index (χ4n) is 1.30. The van der Waals surface area contributed by atoms with E-state index >= 15 is 0 Å². The maximum absolute atomic E-state index is 13.3. The molecule has 0 aliphatic heterocycles. The Morgan fingerprint density at radius 3 is 2.80 bits per heavy atom. The normalized spacial score (nSPS) is 11.9. The third kappa shape index (κ3) is 1.92. The summed E-state index contributed by atoms with van der Waals surface area (Å²) in [4.78, 5) is 2.67. The highest BCUT2D eigenvalue weighted by atomic mass is 32.2. The largest absolute Gasteiger partial charge is 0.380 e. The van der Waals surface area contributed by atoms with Crippen LogP contribution in [0.15, 0.2) is 24.4 Å². The highest BCUT2D eigenvalue weighted by molar-refractivity contribution is 7.84. The van der Waals surface area contributed by atoms with E-state index in [0.29, 0.717) is 5.52 Å². The number of fused-ring (bicyclic) bond motifs is 1. The first-order chi connectivity index (χ1) is 6.97. The second-order valence-corrected chi connectivity index (χ2v) is 4.04. The fraction of sp³-hybridized carbons (Fsp3) is 0. The van der Waals surface area contributed by atoms with Crippen molar-refractivity contribution < 1.29 is 17.0 Å². The smallest absolute Gasteiger partial charge is 0.369 e. The molecule has 2 rings (SSSR count). The van der Waals surface area contributed by atoms with Gasteiger partial charge in [0.25, 0.3) is 0 Å². The van der Waals surface area contributed by atoms with Crippen LogP contribution in [-0.4, -0.2) is 13.4 Å². The number of benzene rings is 1. The zero-order valence-electron chi connectivity index (χ0n) is 7.40. The standard InChI is InChI=1S/C8H7FN2O3S/c9-5-2-1-3-6-8(5)7(4-11-6)14-15(10,12)13/h1-4,11H,(H2,10,12,13). The van der Waals surface area contributed by atoms with Crippen molar-refractivity contribution in [2.45, 2.75) is 0 Å². The van der Waals surface area contributed by atoms with Crippen molar-refractivity contribution in [3.05, 3.63) is 30.2 Å². The first-order valence-corrected chi connectivity index (χ1v) is 5.42. The lowest BCUT2D eigenvalue weighted by atomic mass is 10.2. The molecule has 7 heteroatoms. The van der Waals surface area contributed by atoms with Gasteiger partial charge in [-0.05, 0) is 12.1 Å². The maximum atomic E-state index is 13.3. The number of hydrogen-bond acceptors (Lipinski definition) is 3. The van der Waals surface area contributed by atoms with E-state index in [9.17, 15) is 12.8 Å². The average molecular weight is 230 g/mol. The summed E-state index contributed by atoms with van der Waals surface area (Å²) in [6, 6.07) is 4.29. The van der Waals surface area contributed by atoms with E-state index in [2.05, 4.69) is 14.3 Å². The molecule has 1 aromatic heterocycles. The SMILES string of the molecule is NS(=O)(=O)Oc1c[nH]c2cccc(F)c12. The molecule has 80 valence electrons. The van der Waals surface area contributed by atoms with Gasteiger partial charge in [0.2, 0.25) is 0 Å². The van der Waals surface area contributed by atoms with Crippen molar-refractivity contribution in [2.24, 2.45) is 5.14 Å². The minimum absolute atomic E-state index is 0.0616. The fourth-order valence-corrected chi connectivity index (χ4v) is 1.68. The second-order valence-electron chi connectivity index (χ2n) is 2.89. The van der Waals surface area contributed by atoms with Crippen LogP contribution in [-0.2, 0) is 10.3 Å². The summed E-state index contributed by atoms with van der Waals surface area (Å²) in [5, 5.41) is 4.74. The molecule has 1 heterocycles. The Morgan fingerprint density at radius 1 is 1.40 bits per heavy atom. The van der Waals surface area contributed by atoms with Crippen LogP contribution in [0.3, 0.4) is 0 Å². The van der Waals surface area contributed by atoms with Crippen LogP contribution in [0.2, 0.25) is 0 Å². The van der Waals surface area contributed by atoms with Gasteiger partial charge in [0.05, 0.1) is 10.9 Å². The van der Waals surface area contributed by atoms with E-state index in [1.807, 2.05) is 0 Å². The number of aromatic nitrogens is 1. The van der Waals surface area contributed by atoms with Gasteiger partial charge in [0, 0.05) is 6.20 Å². The summed E-state index contributed by atoms with van der Waals surface area (Å²) < 4.78 is 39.1. The molecule has 0 bridgehead atoms. The molecule has 0 saturated carbocycles. The molecule has 0 atom stereocenters. The predicted octanol–water partition coefficient (Wildman–Crippen LogP) is 0.889. The van der Waals surface area contributed by atoms with Crippen LogP contribution in [0.1, 0.15) is 0 Å². The number of nitrogens with one attached hydrogen (secondary N) is 1. The van der Waals surface area contributed by atoms with E-state index in [-0.39, 0.29) is 11.1 Å². The molecule has 0 fully saturated rings. The lowest BCUT2D eigenvalue weighted by Crippen LogP contribution is -2.18. The van der Waals surface area contributed by atoms with Gasteiger partial charge in [-0.1, -0.05) is 6.07 Å². The van der Waals surface area contributed by atoms with Gasteiger partial charge in [0.15, 0.2) is 5.75 Å². The average Bonchev–Trinajstić information content (AvgIpc) is 2.47. The molecule has 0 unspecified atom stereocenters.